The maximum Gasteiger partial charge on any atom is 0.416 e. The zero-order valence-corrected chi connectivity index (χ0v) is 21.2. The van der Waals surface area contributed by atoms with Crippen molar-refractivity contribution < 1.29 is 26.0 Å². The molecule has 3 aromatic rings. The van der Waals surface area contributed by atoms with Gasteiger partial charge in [-0.3, -0.25) is 0 Å². The normalized spacial score (nSPS) is 14.9. The number of benzene rings is 3. The molecule has 1 aliphatic heterocycles. The van der Waals surface area contributed by atoms with Gasteiger partial charge >= 0.3 is 6.18 Å². The third-order valence-electron chi connectivity index (χ3n) is 6.59. The lowest BCUT2D eigenvalue weighted by atomic mass is 10.0. The van der Waals surface area contributed by atoms with Crippen LogP contribution in [0.3, 0.4) is 0 Å². The molecule has 0 aromatic heterocycles. The van der Waals surface area contributed by atoms with Crippen molar-refractivity contribution in [1.29, 1.82) is 0 Å². The highest BCUT2D eigenvalue weighted by Crippen LogP contribution is 2.34. The van der Waals surface area contributed by atoms with Crippen LogP contribution in [0.25, 0.3) is 0 Å². The standard InChI is InChI=1S/C27H28F4N2O2S/c1-32(2)25-15-19-10-12-33(3)13-11-20(19)16-26(25)36(34,35)23-8-4-18(5-9-23)14-21-6-7-22(17-24(21)28)27(29,30)31/h4-9,15-17H,10-14H2,1-3H3. The molecule has 36 heavy (non-hydrogen) atoms. The molecule has 3 aromatic carbocycles. The Hall–Kier alpha value is -2.91. The fourth-order valence-electron chi connectivity index (χ4n) is 4.42. The van der Waals surface area contributed by atoms with E-state index in [1.54, 1.807) is 23.1 Å². The van der Waals surface area contributed by atoms with Crippen LogP contribution in [0.4, 0.5) is 23.2 Å². The van der Waals surface area contributed by atoms with E-state index < -0.39 is 27.4 Å². The van der Waals surface area contributed by atoms with Crippen molar-refractivity contribution in [2.24, 2.45) is 0 Å². The second-order valence-electron chi connectivity index (χ2n) is 9.41. The number of likely N-dealkylation sites (N-methyl/N-ethyl adjacent to an activating group) is 1. The predicted octanol–water partition coefficient (Wildman–Crippen LogP) is 5.36. The van der Waals surface area contributed by atoms with Crippen LogP contribution in [0, 0.1) is 5.82 Å². The van der Waals surface area contributed by atoms with E-state index >= 15 is 0 Å². The summed E-state index contributed by atoms with van der Waals surface area (Å²) in [5.74, 6) is -0.951. The SMILES string of the molecule is CN1CCc2cc(N(C)C)c(S(=O)(=O)c3ccc(Cc4ccc(C(F)(F)F)cc4F)cc3)cc2CC1. The molecule has 0 saturated carbocycles. The van der Waals surface area contributed by atoms with Crippen molar-refractivity contribution >= 4 is 15.5 Å². The Labute approximate surface area is 209 Å². The van der Waals surface area contributed by atoms with Gasteiger partial charge in [0.05, 0.1) is 21.0 Å². The second kappa shape index (κ2) is 9.86. The van der Waals surface area contributed by atoms with Crippen LogP contribution >= 0.6 is 0 Å². The minimum atomic E-state index is -4.62. The molecule has 9 heteroatoms. The largest absolute Gasteiger partial charge is 0.416 e. The van der Waals surface area contributed by atoms with E-state index in [1.165, 1.54) is 12.1 Å². The third-order valence-corrected chi connectivity index (χ3v) is 8.39. The van der Waals surface area contributed by atoms with E-state index in [2.05, 4.69) is 11.9 Å². The number of fused-ring (bicyclic) bond motifs is 1. The van der Waals surface area contributed by atoms with E-state index in [0.717, 1.165) is 49.2 Å². The van der Waals surface area contributed by atoms with Crippen LogP contribution in [0.2, 0.25) is 0 Å². The van der Waals surface area contributed by atoms with Crippen molar-refractivity contribution in [3.8, 4) is 0 Å². The molecule has 0 saturated heterocycles. The Bertz CT molecular complexity index is 1370. The lowest BCUT2D eigenvalue weighted by molar-refractivity contribution is -0.137. The van der Waals surface area contributed by atoms with Crippen LogP contribution in [0.5, 0.6) is 0 Å². The van der Waals surface area contributed by atoms with Crippen LogP contribution in [-0.4, -0.2) is 47.6 Å². The first kappa shape index (κ1) is 26.2. The molecule has 0 fully saturated rings. The van der Waals surface area contributed by atoms with E-state index in [0.29, 0.717) is 17.3 Å². The lowest BCUT2D eigenvalue weighted by Crippen LogP contribution is -2.20. The maximum atomic E-state index is 14.3. The van der Waals surface area contributed by atoms with E-state index in [4.69, 9.17) is 0 Å². The fraction of sp³-hybridized carbons (Fsp3) is 0.333. The minimum Gasteiger partial charge on any atom is -0.377 e. The van der Waals surface area contributed by atoms with Gasteiger partial charge in [0.25, 0.3) is 0 Å². The summed E-state index contributed by atoms with van der Waals surface area (Å²) in [6.45, 7) is 1.76. The molecular weight excluding hydrogens is 492 g/mol. The number of hydrogen-bond donors (Lipinski definition) is 0. The summed E-state index contributed by atoms with van der Waals surface area (Å²) in [5, 5.41) is 0. The quantitative estimate of drug-likeness (QED) is 0.425. The molecule has 1 heterocycles. The van der Waals surface area contributed by atoms with Crippen molar-refractivity contribution in [2.45, 2.75) is 35.2 Å². The van der Waals surface area contributed by atoms with Gasteiger partial charge in [0.15, 0.2) is 0 Å². The van der Waals surface area contributed by atoms with Gasteiger partial charge in [-0.05, 0) is 78.5 Å². The molecule has 0 aliphatic carbocycles. The van der Waals surface area contributed by atoms with E-state index in [9.17, 15) is 26.0 Å². The molecule has 0 radical (unpaired) electrons. The number of anilines is 1. The third kappa shape index (κ3) is 5.42. The van der Waals surface area contributed by atoms with Crippen LogP contribution < -0.4 is 4.90 Å². The number of halogens is 4. The predicted molar refractivity (Wildman–Crippen MR) is 132 cm³/mol. The molecule has 0 atom stereocenters. The summed E-state index contributed by atoms with van der Waals surface area (Å²) in [7, 11) is 1.82. The highest BCUT2D eigenvalue weighted by atomic mass is 32.2. The summed E-state index contributed by atoms with van der Waals surface area (Å²) in [6.07, 6.45) is -2.96. The van der Waals surface area contributed by atoms with Crippen molar-refractivity contribution in [2.75, 3.05) is 39.1 Å². The summed E-state index contributed by atoms with van der Waals surface area (Å²) in [6, 6.07) is 12.2. The zero-order valence-electron chi connectivity index (χ0n) is 20.4. The van der Waals surface area contributed by atoms with Gasteiger partial charge in [-0.2, -0.15) is 13.2 Å². The van der Waals surface area contributed by atoms with Crippen LogP contribution in [0.15, 0.2) is 64.4 Å². The summed E-state index contributed by atoms with van der Waals surface area (Å²) < 4.78 is 80.0. The highest BCUT2D eigenvalue weighted by molar-refractivity contribution is 7.91. The van der Waals surface area contributed by atoms with E-state index in [-0.39, 0.29) is 21.8 Å². The van der Waals surface area contributed by atoms with Gasteiger partial charge in [0, 0.05) is 33.6 Å². The summed E-state index contributed by atoms with van der Waals surface area (Å²) in [4.78, 5) is 4.36. The molecule has 1 aliphatic rings. The molecule has 4 rings (SSSR count). The molecule has 0 amide bonds. The minimum absolute atomic E-state index is 0.0413. The van der Waals surface area contributed by atoms with Gasteiger partial charge in [0.1, 0.15) is 5.82 Å². The Kier molecular flexibility index (Phi) is 7.16. The first-order valence-corrected chi connectivity index (χ1v) is 13.1. The van der Waals surface area contributed by atoms with E-state index in [1.807, 2.05) is 20.2 Å². The number of rotatable bonds is 5. The first-order valence-electron chi connectivity index (χ1n) is 11.6. The average molecular weight is 521 g/mol. The van der Waals surface area contributed by atoms with Crippen LogP contribution in [-0.2, 0) is 35.3 Å². The smallest absolute Gasteiger partial charge is 0.377 e. The Balaban J connectivity index is 1.64. The Morgan fingerprint density at radius 2 is 1.53 bits per heavy atom. The van der Waals surface area contributed by atoms with Crippen molar-refractivity contribution in [3.05, 3.63) is 88.2 Å². The molecular formula is C27H28F4N2O2S. The van der Waals surface area contributed by atoms with Gasteiger partial charge < -0.3 is 9.80 Å². The number of hydrogen-bond acceptors (Lipinski definition) is 4. The summed E-state index contributed by atoms with van der Waals surface area (Å²) in [5.41, 5.74) is 2.44. The van der Waals surface area contributed by atoms with Gasteiger partial charge in [-0.15, -0.1) is 0 Å². The summed E-state index contributed by atoms with van der Waals surface area (Å²) >= 11 is 0. The van der Waals surface area contributed by atoms with Crippen molar-refractivity contribution in [3.63, 3.8) is 0 Å². The average Bonchev–Trinajstić information content (AvgIpc) is 3.00. The lowest BCUT2D eigenvalue weighted by Gasteiger charge is -2.21. The van der Waals surface area contributed by atoms with Gasteiger partial charge in [0.2, 0.25) is 9.84 Å². The molecule has 0 N–H and O–H groups in total. The zero-order chi connectivity index (χ0) is 26.3. The molecule has 0 unspecified atom stereocenters. The molecule has 0 bridgehead atoms. The van der Waals surface area contributed by atoms with Gasteiger partial charge in [-0.25, -0.2) is 12.8 Å². The molecule has 192 valence electrons. The number of alkyl halides is 3. The van der Waals surface area contributed by atoms with Crippen LogP contribution in [0.1, 0.15) is 27.8 Å². The second-order valence-corrected chi connectivity index (χ2v) is 11.3. The van der Waals surface area contributed by atoms with Gasteiger partial charge in [-0.1, -0.05) is 18.2 Å². The van der Waals surface area contributed by atoms with Crippen molar-refractivity contribution in [1.82, 2.24) is 4.90 Å². The maximum absolute atomic E-state index is 14.3. The molecule has 0 spiro atoms. The number of nitrogens with zero attached hydrogens (tertiary/aromatic N) is 2. The topological polar surface area (TPSA) is 40.6 Å². The Morgan fingerprint density at radius 1 is 0.917 bits per heavy atom. The first-order chi connectivity index (χ1) is 16.9. The number of sulfone groups is 1. The Morgan fingerprint density at radius 3 is 2.08 bits per heavy atom. The fourth-order valence-corrected chi connectivity index (χ4v) is 5.98. The molecule has 4 nitrogen and oxygen atoms in total. The monoisotopic (exact) mass is 520 g/mol. The highest BCUT2D eigenvalue weighted by Gasteiger charge is 2.31.